The zero-order valence-corrected chi connectivity index (χ0v) is 27.8. The summed E-state index contributed by atoms with van der Waals surface area (Å²) in [5.41, 5.74) is 2.31. The number of Topliss-reactive ketones (excluding diaryl/α,β-unsaturated/α-hetero) is 1. The third-order valence-electron chi connectivity index (χ3n) is 7.22. The van der Waals surface area contributed by atoms with Crippen LogP contribution in [0.1, 0.15) is 87.5 Å². The lowest BCUT2D eigenvalue weighted by atomic mass is 9.86. The SMILES string of the molecule is C=CCNC1=C2CC(C)CC(OC)CC/C=C(\C)C(CC)C(OC)/C=C\C=C(/C)C(=O)NC(=CC1=O)C2=O.CC.CC. The Morgan fingerprint density at radius 1 is 1.10 bits per heavy atom. The summed E-state index contributed by atoms with van der Waals surface area (Å²) in [6, 6.07) is 0. The van der Waals surface area contributed by atoms with Crippen molar-refractivity contribution in [2.24, 2.45) is 11.8 Å². The van der Waals surface area contributed by atoms with Gasteiger partial charge >= 0.3 is 0 Å². The van der Waals surface area contributed by atoms with Gasteiger partial charge in [-0.1, -0.05) is 77.5 Å². The van der Waals surface area contributed by atoms with E-state index in [2.05, 4.69) is 44.1 Å². The zero-order chi connectivity index (χ0) is 32.2. The van der Waals surface area contributed by atoms with Crippen molar-refractivity contribution in [3.05, 3.63) is 71.1 Å². The maximum absolute atomic E-state index is 13.5. The first kappa shape index (κ1) is 39.0. The van der Waals surface area contributed by atoms with Crippen LogP contribution in [-0.2, 0) is 23.9 Å². The lowest BCUT2D eigenvalue weighted by Crippen LogP contribution is -2.36. The van der Waals surface area contributed by atoms with Crippen molar-refractivity contribution in [3.63, 3.8) is 0 Å². The molecule has 2 N–H and O–H groups in total. The van der Waals surface area contributed by atoms with E-state index < -0.39 is 5.91 Å². The minimum atomic E-state index is -0.439. The second kappa shape index (κ2) is 21.6. The van der Waals surface area contributed by atoms with Crippen molar-refractivity contribution >= 4 is 17.5 Å². The number of ether oxygens (including phenoxy) is 2. The molecule has 0 spiro atoms. The molecule has 7 nitrogen and oxygen atoms in total. The zero-order valence-electron chi connectivity index (χ0n) is 27.8. The highest BCUT2D eigenvalue weighted by atomic mass is 16.5. The van der Waals surface area contributed by atoms with Gasteiger partial charge in [0, 0.05) is 43.9 Å². The van der Waals surface area contributed by atoms with E-state index in [1.54, 1.807) is 39.4 Å². The predicted molar refractivity (Wildman–Crippen MR) is 174 cm³/mol. The van der Waals surface area contributed by atoms with Gasteiger partial charge in [-0.15, -0.1) is 6.58 Å². The number of allylic oxidation sites excluding steroid dienone is 5. The van der Waals surface area contributed by atoms with Gasteiger partial charge in [0.2, 0.25) is 11.6 Å². The van der Waals surface area contributed by atoms with Crippen LogP contribution in [0, 0.1) is 11.8 Å². The molecule has 1 heterocycles. The quantitative estimate of drug-likeness (QED) is 0.260. The van der Waals surface area contributed by atoms with Gasteiger partial charge in [-0.3, -0.25) is 14.4 Å². The lowest BCUT2D eigenvalue weighted by molar-refractivity contribution is -0.120. The molecule has 236 valence electrons. The van der Waals surface area contributed by atoms with E-state index in [4.69, 9.17) is 9.47 Å². The van der Waals surface area contributed by atoms with Crippen LogP contribution in [-0.4, -0.2) is 50.4 Å². The molecule has 1 aliphatic heterocycles. The molecule has 4 unspecified atom stereocenters. The minimum absolute atomic E-state index is 0.00932. The molecule has 0 aromatic heterocycles. The fourth-order valence-electron chi connectivity index (χ4n) is 5.01. The van der Waals surface area contributed by atoms with Crippen molar-refractivity contribution < 1.29 is 23.9 Å². The summed E-state index contributed by atoms with van der Waals surface area (Å²) >= 11 is 0. The van der Waals surface area contributed by atoms with Crippen molar-refractivity contribution in [2.75, 3.05) is 20.8 Å². The topological polar surface area (TPSA) is 93.7 Å². The monoisotopic (exact) mass is 584 g/mol. The molecular weight excluding hydrogens is 528 g/mol. The first-order valence-corrected chi connectivity index (χ1v) is 15.4. The molecule has 0 aromatic rings. The highest BCUT2D eigenvalue weighted by Crippen LogP contribution is 2.28. The Balaban J connectivity index is 0.00000402. The number of carbonyl (C=O) groups excluding carboxylic acids is 3. The molecule has 2 rings (SSSR count). The van der Waals surface area contributed by atoms with Crippen LogP contribution >= 0.6 is 0 Å². The minimum Gasteiger partial charge on any atom is -0.381 e. The molecule has 42 heavy (non-hydrogen) atoms. The van der Waals surface area contributed by atoms with Gasteiger partial charge in [-0.05, 0) is 51.9 Å². The van der Waals surface area contributed by atoms with Crippen molar-refractivity contribution in [2.45, 2.75) is 99.7 Å². The van der Waals surface area contributed by atoms with E-state index in [1.165, 1.54) is 11.6 Å². The summed E-state index contributed by atoms with van der Waals surface area (Å²) in [4.78, 5) is 39.4. The smallest absolute Gasteiger partial charge is 0.251 e. The van der Waals surface area contributed by atoms with Crippen molar-refractivity contribution in [1.29, 1.82) is 0 Å². The van der Waals surface area contributed by atoms with E-state index in [1.807, 2.05) is 33.8 Å². The van der Waals surface area contributed by atoms with Crippen LogP contribution in [0.25, 0.3) is 0 Å². The summed E-state index contributed by atoms with van der Waals surface area (Å²) in [6.45, 7) is 20.0. The van der Waals surface area contributed by atoms with Crippen LogP contribution in [0.3, 0.4) is 0 Å². The predicted octanol–water partition coefficient (Wildman–Crippen LogP) is 6.94. The number of hydrogen-bond donors (Lipinski definition) is 2. The molecule has 2 aliphatic rings. The summed E-state index contributed by atoms with van der Waals surface area (Å²) in [5.74, 6) is -0.848. The third kappa shape index (κ3) is 12.1. The number of carbonyl (C=O) groups is 3. The Labute approximate surface area is 255 Å². The van der Waals surface area contributed by atoms with E-state index >= 15 is 0 Å². The van der Waals surface area contributed by atoms with Gasteiger partial charge in [-0.25, -0.2) is 0 Å². The number of fused-ring (bicyclic) bond motifs is 2. The number of amides is 1. The Kier molecular flexibility index (Phi) is 20.1. The Morgan fingerprint density at radius 3 is 2.33 bits per heavy atom. The maximum atomic E-state index is 13.5. The fraction of sp³-hybridized carbons (Fsp3) is 0.571. The van der Waals surface area contributed by atoms with Gasteiger partial charge in [-0.2, -0.15) is 0 Å². The molecule has 0 saturated heterocycles. The molecule has 7 heteroatoms. The van der Waals surface area contributed by atoms with Gasteiger partial charge < -0.3 is 20.1 Å². The highest BCUT2D eigenvalue weighted by molar-refractivity contribution is 6.23. The van der Waals surface area contributed by atoms with Crippen molar-refractivity contribution in [1.82, 2.24) is 10.6 Å². The van der Waals surface area contributed by atoms with E-state index in [0.29, 0.717) is 24.1 Å². The standard InChI is InChI=1S/C31H44N2O5.2C2H6/c1-8-16-32-29-25-18-20(3)17-23(37-6)14-10-12-21(4)24(9-2)28(38-7)15-11-13-22(5)31(36)33-26(30(25)35)19-27(29)34;2*1-2/h8,11-13,15,19-20,23-24,28,32H,1,9-10,14,16-18H2,2-7H3,(H,33,36);2*1-2H3/b15-11-,21-12+,22-13+;;. The number of hydrogen-bond acceptors (Lipinski definition) is 6. The second-order valence-electron chi connectivity index (χ2n) is 10.1. The summed E-state index contributed by atoms with van der Waals surface area (Å²) in [6.07, 6.45) is 14.2. The van der Waals surface area contributed by atoms with Gasteiger partial charge in [0.05, 0.1) is 23.6 Å². The Morgan fingerprint density at radius 2 is 1.76 bits per heavy atom. The first-order valence-electron chi connectivity index (χ1n) is 15.4. The van der Waals surface area contributed by atoms with Crippen molar-refractivity contribution in [3.8, 4) is 0 Å². The number of ketones is 2. The number of rotatable bonds is 6. The number of methoxy groups -OCH3 is 2. The fourth-order valence-corrected chi connectivity index (χ4v) is 5.01. The van der Waals surface area contributed by atoms with E-state index in [9.17, 15) is 14.4 Å². The van der Waals surface area contributed by atoms with Crippen LogP contribution in [0.2, 0.25) is 0 Å². The van der Waals surface area contributed by atoms with Crippen LogP contribution in [0.5, 0.6) is 0 Å². The molecule has 0 saturated carbocycles. The second-order valence-corrected chi connectivity index (χ2v) is 10.1. The maximum Gasteiger partial charge on any atom is 0.251 e. The number of nitrogens with one attached hydrogen (secondary N) is 2. The molecule has 1 aliphatic carbocycles. The molecule has 1 amide bonds. The lowest BCUT2D eigenvalue weighted by Gasteiger charge is -2.25. The summed E-state index contributed by atoms with van der Waals surface area (Å²) in [7, 11) is 3.40. The molecular formula is C35H56N2O5. The average Bonchev–Trinajstić information content (AvgIpc) is 2.99. The van der Waals surface area contributed by atoms with Gasteiger partial charge in [0.25, 0.3) is 5.91 Å². The van der Waals surface area contributed by atoms with Gasteiger partial charge in [0.15, 0.2) is 0 Å². The van der Waals surface area contributed by atoms with E-state index in [-0.39, 0.29) is 47.0 Å². The van der Waals surface area contributed by atoms with Crippen LogP contribution < -0.4 is 10.6 Å². The molecule has 0 fully saturated rings. The molecule has 0 radical (unpaired) electrons. The third-order valence-corrected chi connectivity index (χ3v) is 7.22. The first-order chi connectivity index (χ1) is 20.2. The summed E-state index contributed by atoms with van der Waals surface area (Å²) < 4.78 is 11.6. The average molecular weight is 585 g/mol. The summed E-state index contributed by atoms with van der Waals surface area (Å²) in [5, 5.41) is 5.69. The van der Waals surface area contributed by atoms with Crippen LogP contribution in [0.15, 0.2) is 71.1 Å². The van der Waals surface area contributed by atoms with Gasteiger partial charge in [0.1, 0.15) is 0 Å². The Bertz CT molecular complexity index is 1050. The largest absolute Gasteiger partial charge is 0.381 e. The van der Waals surface area contributed by atoms with Crippen LogP contribution in [0.4, 0.5) is 0 Å². The molecule has 0 aromatic carbocycles. The molecule has 2 bridgehead atoms. The Hall–Kier alpha value is -3.03. The molecule has 4 atom stereocenters. The normalized spacial score (nSPS) is 27.4. The van der Waals surface area contributed by atoms with E-state index in [0.717, 1.165) is 25.7 Å². The highest BCUT2D eigenvalue weighted by Gasteiger charge is 2.31.